The van der Waals surface area contributed by atoms with Gasteiger partial charge in [0.25, 0.3) is 5.91 Å². The van der Waals surface area contributed by atoms with E-state index in [4.69, 9.17) is 39.2 Å². The lowest BCUT2D eigenvalue weighted by Crippen LogP contribution is -2.30. The van der Waals surface area contributed by atoms with Gasteiger partial charge in [-0.15, -0.1) is 0 Å². The fraction of sp³-hybridized carbons (Fsp3) is 0.105. The molecule has 0 fully saturated rings. The number of hydrogen-bond acceptors (Lipinski definition) is 3. The molecule has 1 N–H and O–H groups in total. The van der Waals surface area contributed by atoms with Gasteiger partial charge < -0.3 is 14.4 Å². The predicted octanol–water partition coefficient (Wildman–Crippen LogP) is 5.79. The first-order valence-corrected chi connectivity index (χ1v) is 8.82. The van der Waals surface area contributed by atoms with Crippen molar-refractivity contribution in [2.75, 3.05) is 0 Å². The molecular weight excluding hydrogens is 397 g/mol. The molecule has 1 aromatic heterocycles. The molecule has 4 nitrogen and oxygen atoms in total. The topological polar surface area (TPSA) is 53.7 Å². The number of carbonyl (C=O) groups is 1. The highest BCUT2D eigenvalue weighted by Crippen LogP contribution is 2.29. The second-order valence-electron chi connectivity index (χ2n) is 5.61. The molecule has 3 aromatic rings. The van der Waals surface area contributed by atoms with Gasteiger partial charge in [0.05, 0.1) is 35.0 Å². The molecular formula is C19H14Cl3NO3. The van der Waals surface area contributed by atoms with E-state index in [0.29, 0.717) is 16.3 Å². The van der Waals surface area contributed by atoms with Crippen molar-refractivity contribution < 1.29 is 14.3 Å². The van der Waals surface area contributed by atoms with E-state index in [1.165, 1.54) is 17.2 Å². The molecule has 0 aliphatic rings. The molecule has 0 saturated heterocycles. The van der Waals surface area contributed by atoms with Crippen LogP contribution in [-0.2, 0) is 13.1 Å². The molecule has 7 heteroatoms. The second-order valence-corrected chi connectivity index (χ2v) is 6.86. The number of halogens is 3. The van der Waals surface area contributed by atoms with Crippen molar-refractivity contribution in [1.29, 1.82) is 0 Å². The van der Waals surface area contributed by atoms with Gasteiger partial charge in [-0.25, -0.2) is 0 Å². The normalized spacial score (nSPS) is 10.7. The fourth-order valence-corrected chi connectivity index (χ4v) is 3.29. The van der Waals surface area contributed by atoms with Gasteiger partial charge in [0, 0.05) is 10.6 Å². The van der Waals surface area contributed by atoms with Gasteiger partial charge in [-0.05, 0) is 42.5 Å². The lowest BCUT2D eigenvalue weighted by Gasteiger charge is -2.23. The van der Waals surface area contributed by atoms with E-state index in [0.717, 1.165) is 0 Å². The minimum atomic E-state index is -0.378. The Kier molecular flexibility index (Phi) is 5.77. The lowest BCUT2D eigenvalue weighted by molar-refractivity contribution is 0.0717. The Balaban J connectivity index is 1.97. The number of amides is 1. The number of nitrogens with zero attached hydrogens (tertiary/aromatic N) is 1. The van der Waals surface area contributed by atoms with E-state index >= 15 is 0 Å². The summed E-state index contributed by atoms with van der Waals surface area (Å²) in [6.07, 6.45) is 1.53. The zero-order valence-corrected chi connectivity index (χ0v) is 15.7. The summed E-state index contributed by atoms with van der Waals surface area (Å²) in [6.45, 7) is 0.285. The number of benzene rings is 2. The molecule has 134 valence electrons. The van der Waals surface area contributed by atoms with Crippen molar-refractivity contribution in [3.8, 4) is 5.75 Å². The molecule has 0 radical (unpaired) electrons. The average molecular weight is 411 g/mol. The van der Waals surface area contributed by atoms with Crippen LogP contribution in [0.1, 0.15) is 21.7 Å². The van der Waals surface area contributed by atoms with E-state index in [-0.39, 0.29) is 40.4 Å². The third-order valence-electron chi connectivity index (χ3n) is 3.79. The molecule has 2 aromatic carbocycles. The van der Waals surface area contributed by atoms with E-state index < -0.39 is 0 Å². The molecule has 26 heavy (non-hydrogen) atoms. The van der Waals surface area contributed by atoms with Crippen molar-refractivity contribution in [3.63, 3.8) is 0 Å². The monoisotopic (exact) mass is 409 g/mol. The highest BCUT2D eigenvalue weighted by molar-refractivity contribution is 6.39. The van der Waals surface area contributed by atoms with Crippen LogP contribution in [0.2, 0.25) is 15.1 Å². The van der Waals surface area contributed by atoms with Gasteiger partial charge in [0.2, 0.25) is 0 Å². The summed E-state index contributed by atoms with van der Waals surface area (Å²) >= 11 is 18.4. The SMILES string of the molecule is O=C(c1c(Cl)cccc1Cl)N(Cc1ccco1)Cc1cc(Cl)ccc1O. The molecule has 1 amide bonds. The predicted molar refractivity (Wildman–Crippen MR) is 102 cm³/mol. The van der Waals surface area contributed by atoms with Crippen LogP contribution in [0.3, 0.4) is 0 Å². The van der Waals surface area contributed by atoms with Gasteiger partial charge in [0.15, 0.2) is 0 Å². The summed E-state index contributed by atoms with van der Waals surface area (Å²) in [7, 11) is 0. The Morgan fingerprint density at radius 2 is 1.73 bits per heavy atom. The maximum absolute atomic E-state index is 13.1. The number of phenolic OH excluding ortho intramolecular Hbond substituents is 1. The summed E-state index contributed by atoms with van der Waals surface area (Å²) in [5.41, 5.74) is 0.699. The van der Waals surface area contributed by atoms with E-state index in [1.807, 2.05) is 0 Å². The van der Waals surface area contributed by atoms with Crippen LogP contribution in [0.5, 0.6) is 5.75 Å². The fourth-order valence-electron chi connectivity index (χ4n) is 2.54. The maximum Gasteiger partial charge on any atom is 0.257 e. The van der Waals surface area contributed by atoms with Crippen LogP contribution >= 0.6 is 34.8 Å². The first-order chi connectivity index (χ1) is 12.5. The van der Waals surface area contributed by atoms with Crippen LogP contribution in [0, 0.1) is 0 Å². The molecule has 0 aliphatic carbocycles. The summed E-state index contributed by atoms with van der Waals surface area (Å²) in [6, 6.07) is 13.0. The van der Waals surface area contributed by atoms with Gasteiger partial charge in [-0.1, -0.05) is 40.9 Å². The highest BCUT2D eigenvalue weighted by Gasteiger charge is 2.23. The number of rotatable bonds is 5. The largest absolute Gasteiger partial charge is 0.508 e. The van der Waals surface area contributed by atoms with Crippen molar-refractivity contribution in [3.05, 3.63) is 86.7 Å². The van der Waals surface area contributed by atoms with E-state index in [9.17, 15) is 9.90 Å². The van der Waals surface area contributed by atoms with Crippen LogP contribution in [0.25, 0.3) is 0 Å². The number of hydrogen-bond donors (Lipinski definition) is 1. The smallest absolute Gasteiger partial charge is 0.257 e. The quantitative estimate of drug-likeness (QED) is 0.579. The maximum atomic E-state index is 13.1. The zero-order valence-electron chi connectivity index (χ0n) is 13.5. The summed E-state index contributed by atoms with van der Waals surface area (Å²) in [5.74, 6) is 0.247. The molecule has 0 atom stereocenters. The van der Waals surface area contributed by atoms with Crippen molar-refractivity contribution >= 4 is 40.7 Å². The molecule has 0 bridgehead atoms. The van der Waals surface area contributed by atoms with Gasteiger partial charge in [-0.3, -0.25) is 4.79 Å². The summed E-state index contributed by atoms with van der Waals surface area (Å²) in [5, 5.41) is 11.1. The number of furan rings is 1. The minimum Gasteiger partial charge on any atom is -0.508 e. The van der Waals surface area contributed by atoms with Crippen LogP contribution in [-0.4, -0.2) is 15.9 Å². The Labute approximate surface area is 165 Å². The third kappa shape index (κ3) is 4.15. The van der Waals surface area contributed by atoms with Crippen molar-refractivity contribution in [2.45, 2.75) is 13.1 Å². The van der Waals surface area contributed by atoms with Crippen molar-refractivity contribution in [2.24, 2.45) is 0 Å². The second kappa shape index (κ2) is 8.04. The molecule has 3 rings (SSSR count). The standard InChI is InChI=1S/C19H14Cl3NO3/c20-13-6-7-17(24)12(9-13)10-23(11-14-3-2-8-26-14)19(25)18-15(21)4-1-5-16(18)22/h1-9,24H,10-11H2. The Bertz CT molecular complexity index is 906. The Hall–Kier alpha value is -2.14. The average Bonchev–Trinajstić information content (AvgIpc) is 3.10. The molecule has 0 saturated carbocycles. The van der Waals surface area contributed by atoms with E-state index in [2.05, 4.69) is 0 Å². The number of phenols is 1. The Morgan fingerprint density at radius 1 is 1.00 bits per heavy atom. The summed E-state index contributed by atoms with van der Waals surface area (Å²) < 4.78 is 5.35. The third-order valence-corrected chi connectivity index (χ3v) is 4.66. The molecule has 0 unspecified atom stereocenters. The first-order valence-electron chi connectivity index (χ1n) is 7.69. The zero-order chi connectivity index (χ0) is 18.7. The van der Waals surface area contributed by atoms with Gasteiger partial charge in [0.1, 0.15) is 11.5 Å². The number of aromatic hydroxyl groups is 1. The first kappa shape index (κ1) is 18.6. The van der Waals surface area contributed by atoms with E-state index in [1.54, 1.807) is 42.5 Å². The lowest BCUT2D eigenvalue weighted by atomic mass is 10.1. The molecule has 1 heterocycles. The highest BCUT2D eigenvalue weighted by atomic mass is 35.5. The van der Waals surface area contributed by atoms with Crippen molar-refractivity contribution in [1.82, 2.24) is 4.90 Å². The Morgan fingerprint density at radius 3 is 2.38 bits per heavy atom. The molecule has 0 aliphatic heterocycles. The van der Waals surface area contributed by atoms with Crippen LogP contribution in [0.15, 0.2) is 59.2 Å². The van der Waals surface area contributed by atoms with Gasteiger partial charge in [-0.2, -0.15) is 0 Å². The van der Waals surface area contributed by atoms with Crippen LogP contribution in [0.4, 0.5) is 0 Å². The summed E-state index contributed by atoms with van der Waals surface area (Å²) in [4.78, 5) is 14.6. The minimum absolute atomic E-state index is 0.0388. The van der Waals surface area contributed by atoms with Gasteiger partial charge >= 0.3 is 0 Å². The number of carbonyl (C=O) groups excluding carboxylic acids is 1. The molecule has 0 spiro atoms. The van der Waals surface area contributed by atoms with Crippen LogP contribution < -0.4 is 0 Å².